The Balaban J connectivity index is 1.46. The second kappa shape index (κ2) is 9.09. The van der Waals surface area contributed by atoms with Crippen LogP contribution in [0.2, 0.25) is 0 Å². The first-order chi connectivity index (χ1) is 16.5. The van der Waals surface area contributed by atoms with Gasteiger partial charge in [-0.3, -0.25) is 14.5 Å². The number of carbonyl (C=O) groups excluding carboxylic acids is 2. The molecule has 0 bridgehead atoms. The van der Waals surface area contributed by atoms with E-state index < -0.39 is 23.4 Å². The van der Waals surface area contributed by atoms with Gasteiger partial charge in [-0.25, -0.2) is 8.78 Å². The molecule has 7 heteroatoms. The maximum Gasteiger partial charge on any atom is 0.278 e. The van der Waals surface area contributed by atoms with Crippen LogP contribution in [0.3, 0.4) is 0 Å². The van der Waals surface area contributed by atoms with Gasteiger partial charge in [0.25, 0.3) is 11.8 Å². The zero-order valence-corrected chi connectivity index (χ0v) is 18.4. The summed E-state index contributed by atoms with van der Waals surface area (Å²) in [5, 5.41) is 3.12. The molecule has 2 amide bonds. The Bertz CT molecular complexity index is 1250. The summed E-state index contributed by atoms with van der Waals surface area (Å²) < 4.78 is 26.8. The normalized spacial score (nSPS) is 16.1. The lowest BCUT2D eigenvalue weighted by atomic mass is 10.0. The Morgan fingerprint density at radius 2 is 1.32 bits per heavy atom. The first-order valence-corrected chi connectivity index (χ1v) is 11.2. The van der Waals surface area contributed by atoms with Crippen molar-refractivity contribution in [1.82, 2.24) is 4.90 Å². The molecule has 0 unspecified atom stereocenters. The van der Waals surface area contributed by atoms with E-state index in [2.05, 4.69) is 10.2 Å². The number of anilines is 2. The van der Waals surface area contributed by atoms with Gasteiger partial charge in [0.15, 0.2) is 0 Å². The van der Waals surface area contributed by atoms with Gasteiger partial charge in [0.2, 0.25) is 0 Å². The van der Waals surface area contributed by atoms with Gasteiger partial charge in [0, 0.05) is 24.5 Å². The highest BCUT2D eigenvalue weighted by Crippen LogP contribution is 2.32. The zero-order valence-electron chi connectivity index (χ0n) is 18.4. The van der Waals surface area contributed by atoms with Crippen LogP contribution >= 0.6 is 0 Å². The molecule has 3 aromatic carbocycles. The van der Waals surface area contributed by atoms with E-state index in [0.29, 0.717) is 16.8 Å². The van der Waals surface area contributed by atoms with E-state index in [1.165, 1.54) is 61.4 Å². The van der Waals surface area contributed by atoms with Crippen LogP contribution in [0.25, 0.3) is 5.57 Å². The van der Waals surface area contributed by atoms with E-state index in [0.717, 1.165) is 23.7 Å². The highest BCUT2D eigenvalue weighted by molar-refractivity contribution is 6.36. The van der Waals surface area contributed by atoms with E-state index in [9.17, 15) is 18.4 Å². The first kappa shape index (κ1) is 21.8. The summed E-state index contributed by atoms with van der Waals surface area (Å²) in [5.74, 6) is -1.81. The van der Waals surface area contributed by atoms with Gasteiger partial charge in [-0.05, 0) is 72.5 Å². The smallest absolute Gasteiger partial charge is 0.278 e. The van der Waals surface area contributed by atoms with Crippen LogP contribution in [-0.4, -0.2) is 29.8 Å². The molecule has 5 nitrogen and oxygen atoms in total. The van der Waals surface area contributed by atoms with Crippen molar-refractivity contribution in [3.05, 3.63) is 101 Å². The fourth-order valence-electron chi connectivity index (χ4n) is 4.37. The molecule has 172 valence electrons. The second-order valence-corrected chi connectivity index (χ2v) is 8.45. The van der Waals surface area contributed by atoms with Crippen molar-refractivity contribution in [3.8, 4) is 0 Å². The number of rotatable bonds is 6. The summed E-state index contributed by atoms with van der Waals surface area (Å²) in [7, 11) is 0. The average molecular weight is 459 g/mol. The zero-order chi connectivity index (χ0) is 23.7. The standard InChI is InChI=1S/C27H23F2N3O2/c28-20-7-3-18(4-8-20)17-32-26(33)24(19-5-9-21(29)10-6-19)25(27(32)34)30-22-11-13-23(14-12-22)31-15-1-2-16-31/h3-14,30H,1-2,15-17H2. The fourth-order valence-corrected chi connectivity index (χ4v) is 4.37. The van der Waals surface area contributed by atoms with E-state index >= 15 is 0 Å². The number of hydrogen-bond acceptors (Lipinski definition) is 4. The summed E-state index contributed by atoms with van der Waals surface area (Å²) in [6.07, 6.45) is 2.35. The monoisotopic (exact) mass is 459 g/mol. The SMILES string of the molecule is O=C1C(Nc2ccc(N3CCCC3)cc2)=C(c2ccc(F)cc2)C(=O)N1Cc1ccc(F)cc1. The minimum atomic E-state index is -0.489. The van der Waals surface area contributed by atoms with Crippen LogP contribution < -0.4 is 10.2 Å². The molecule has 0 aromatic heterocycles. The number of amides is 2. The van der Waals surface area contributed by atoms with Crippen LogP contribution in [0, 0.1) is 11.6 Å². The fraction of sp³-hybridized carbons (Fsp3) is 0.185. The van der Waals surface area contributed by atoms with Gasteiger partial charge < -0.3 is 10.2 Å². The Kier molecular flexibility index (Phi) is 5.84. The molecule has 0 spiro atoms. The van der Waals surface area contributed by atoms with Crippen molar-refractivity contribution < 1.29 is 18.4 Å². The van der Waals surface area contributed by atoms with Crippen molar-refractivity contribution in [1.29, 1.82) is 0 Å². The molecule has 2 aliphatic heterocycles. The van der Waals surface area contributed by atoms with Crippen molar-refractivity contribution in [2.45, 2.75) is 19.4 Å². The summed E-state index contributed by atoms with van der Waals surface area (Å²) >= 11 is 0. The number of nitrogens with one attached hydrogen (secondary N) is 1. The van der Waals surface area contributed by atoms with Crippen molar-refractivity contribution in [3.63, 3.8) is 0 Å². The van der Waals surface area contributed by atoms with Crippen LogP contribution in [-0.2, 0) is 16.1 Å². The lowest BCUT2D eigenvalue weighted by Gasteiger charge is -2.18. The maximum atomic E-state index is 13.5. The van der Waals surface area contributed by atoms with E-state index in [1.807, 2.05) is 24.3 Å². The Labute approximate surface area is 196 Å². The van der Waals surface area contributed by atoms with Gasteiger partial charge in [-0.15, -0.1) is 0 Å². The van der Waals surface area contributed by atoms with Crippen LogP contribution in [0.15, 0.2) is 78.5 Å². The predicted octanol–water partition coefficient (Wildman–Crippen LogP) is 4.96. The molecular formula is C27H23F2N3O2. The first-order valence-electron chi connectivity index (χ1n) is 11.2. The number of nitrogens with zero attached hydrogens (tertiary/aromatic N) is 2. The summed E-state index contributed by atoms with van der Waals surface area (Å²) in [6.45, 7) is 2.05. The lowest BCUT2D eigenvalue weighted by Crippen LogP contribution is -2.32. The minimum absolute atomic E-state index is 0.00171. The predicted molar refractivity (Wildman–Crippen MR) is 127 cm³/mol. The Morgan fingerprint density at radius 3 is 1.94 bits per heavy atom. The quantitative estimate of drug-likeness (QED) is 0.530. The molecule has 1 saturated heterocycles. The van der Waals surface area contributed by atoms with Gasteiger partial charge >= 0.3 is 0 Å². The van der Waals surface area contributed by atoms with E-state index in [-0.39, 0.29) is 17.8 Å². The summed E-state index contributed by atoms with van der Waals surface area (Å²) in [6, 6.07) is 18.9. The number of carbonyl (C=O) groups is 2. The molecule has 3 aromatic rings. The minimum Gasteiger partial charge on any atom is -0.372 e. The molecule has 0 atom stereocenters. The third kappa shape index (κ3) is 4.29. The molecule has 0 saturated carbocycles. The molecule has 0 radical (unpaired) electrons. The van der Waals surface area contributed by atoms with Gasteiger partial charge in [-0.1, -0.05) is 24.3 Å². The van der Waals surface area contributed by atoms with Crippen molar-refractivity contribution in [2.75, 3.05) is 23.3 Å². The van der Waals surface area contributed by atoms with Gasteiger partial charge in [-0.2, -0.15) is 0 Å². The van der Waals surface area contributed by atoms with Crippen molar-refractivity contribution in [2.24, 2.45) is 0 Å². The highest BCUT2D eigenvalue weighted by Gasteiger charge is 2.39. The maximum absolute atomic E-state index is 13.5. The number of imide groups is 1. The molecule has 5 rings (SSSR count). The number of halogens is 2. The van der Waals surface area contributed by atoms with Crippen molar-refractivity contribution >= 4 is 28.8 Å². The molecule has 34 heavy (non-hydrogen) atoms. The highest BCUT2D eigenvalue weighted by atomic mass is 19.1. The van der Waals surface area contributed by atoms with E-state index in [1.54, 1.807) is 0 Å². The summed E-state index contributed by atoms with van der Waals surface area (Å²) in [4.78, 5) is 30.1. The topological polar surface area (TPSA) is 52.7 Å². The molecule has 2 aliphatic rings. The molecule has 0 aliphatic carbocycles. The number of hydrogen-bond donors (Lipinski definition) is 1. The Morgan fingerprint density at radius 1 is 0.735 bits per heavy atom. The van der Waals surface area contributed by atoms with Crippen LogP contribution in [0.1, 0.15) is 24.0 Å². The average Bonchev–Trinajstić information content (AvgIpc) is 3.46. The molecule has 2 heterocycles. The molecule has 1 N–H and O–H groups in total. The van der Waals surface area contributed by atoms with Gasteiger partial charge in [0.1, 0.15) is 17.3 Å². The number of benzene rings is 3. The second-order valence-electron chi connectivity index (χ2n) is 8.45. The Hall–Kier alpha value is -4.00. The lowest BCUT2D eigenvalue weighted by molar-refractivity contribution is -0.137. The third-order valence-electron chi connectivity index (χ3n) is 6.16. The largest absolute Gasteiger partial charge is 0.372 e. The molecular weight excluding hydrogens is 436 g/mol. The summed E-state index contributed by atoms with van der Waals surface area (Å²) in [5.41, 5.74) is 3.16. The van der Waals surface area contributed by atoms with Crippen LogP contribution in [0.4, 0.5) is 20.2 Å². The third-order valence-corrected chi connectivity index (χ3v) is 6.16. The van der Waals surface area contributed by atoms with E-state index in [4.69, 9.17) is 0 Å². The van der Waals surface area contributed by atoms with Crippen LogP contribution in [0.5, 0.6) is 0 Å². The molecule has 1 fully saturated rings. The van der Waals surface area contributed by atoms with Gasteiger partial charge in [0.05, 0.1) is 12.1 Å².